The van der Waals surface area contributed by atoms with Crippen molar-refractivity contribution in [1.29, 1.82) is 0 Å². The Labute approximate surface area is 167 Å². The van der Waals surface area contributed by atoms with E-state index in [1.165, 1.54) is 6.07 Å². The van der Waals surface area contributed by atoms with Crippen molar-refractivity contribution in [3.05, 3.63) is 35.1 Å². The first-order valence-corrected chi connectivity index (χ1v) is 10.3. The highest BCUT2D eigenvalue weighted by molar-refractivity contribution is 7.19. The molecule has 0 saturated carbocycles. The average molecular weight is 407 g/mol. The first-order chi connectivity index (χ1) is 12.6. The molecule has 144 valence electrons. The third kappa shape index (κ3) is 3.98. The van der Waals surface area contributed by atoms with Crippen molar-refractivity contribution in [1.82, 2.24) is 15.3 Å². The van der Waals surface area contributed by atoms with Gasteiger partial charge in [-0.05, 0) is 58.7 Å². The molecule has 4 nitrogen and oxygen atoms in total. The van der Waals surface area contributed by atoms with Crippen molar-refractivity contribution in [2.45, 2.75) is 57.7 Å². The predicted octanol–water partition coefficient (Wildman–Crippen LogP) is 5.81. The number of benzene rings is 1. The van der Waals surface area contributed by atoms with E-state index < -0.39 is 5.82 Å². The van der Waals surface area contributed by atoms with E-state index >= 15 is 0 Å². The zero-order valence-electron chi connectivity index (χ0n) is 15.9. The maximum atomic E-state index is 13.7. The number of fused-ring (bicyclic) bond motifs is 1. The topological polar surface area (TPSA) is 52.7 Å². The Morgan fingerprint density at radius 2 is 1.89 bits per heavy atom. The summed E-state index contributed by atoms with van der Waals surface area (Å²) in [5, 5.41) is 8.61. The zero-order chi connectivity index (χ0) is 19.4. The van der Waals surface area contributed by atoms with E-state index in [2.05, 4.69) is 54.4 Å². The van der Waals surface area contributed by atoms with E-state index in [0.717, 1.165) is 28.5 Å². The predicted molar refractivity (Wildman–Crippen MR) is 112 cm³/mol. The van der Waals surface area contributed by atoms with Crippen LogP contribution in [-0.4, -0.2) is 27.1 Å². The van der Waals surface area contributed by atoms with Crippen LogP contribution >= 0.6 is 22.9 Å². The SMILES string of the molecule is CC1(C)CC(Nc2ccc(-c3nc4cc(Cl)c(F)cc4[nH]3)s2)CC(C)(C)N1. The minimum absolute atomic E-state index is 0.0882. The van der Waals surface area contributed by atoms with E-state index in [4.69, 9.17) is 11.6 Å². The summed E-state index contributed by atoms with van der Waals surface area (Å²) in [4.78, 5) is 8.75. The molecule has 1 saturated heterocycles. The maximum Gasteiger partial charge on any atom is 0.148 e. The second-order valence-electron chi connectivity index (χ2n) is 8.68. The number of halogens is 2. The largest absolute Gasteiger partial charge is 0.374 e. The Morgan fingerprint density at radius 3 is 2.59 bits per heavy atom. The molecule has 0 atom stereocenters. The van der Waals surface area contributed by atoms with E-state index in [1.807, 2.05) is 6.07 Å². The smallest absolute Gasteiger partial charge is 0.148 e. The molecule has 7 heteroatoms. The number of imidazole rings is 1. The average Bonchev–Trinajstić information content (AvgIpc) is 3.11. The molecule has 3 N–H and O–H groups in total. The van der Waals surface area contributed by atoms with Gasteiger partial charge in [0, 0.05) is 23.2 Å². The van der Waals surface area contributed by atoms with Gasteiger partial charge in [0.1, 0.15) is 11.6 Å². The molecule has 0 bridgehead atoms. The van der Waals surface area contributed by atoms with Crippen LogP contribution in [0.25, 0.3) is 21.7 Å². The van der Waals surface area contributed by atoms with Crippen LogP contribution in [0.1, 0.15) is 40.5 Å². The number of rotatable bonds is 3. The van der Waals surface area contributed by atoms with Crippen LogP contribution in [0.15, 0.2) is 24.3 Å². The Kier molecular flexibility index (Phi) is 4.48. The molecule has 0 spiro atoms. The number of anilines is 1. The van der Waals surface area contributed by atoms with Crippen molar-refractivity contribution in [2.24, 2.45) is 0 Å². The Hall–Kier alpha value is -1.63. The van der Waals surface area contributed by atoms with Gasteiger partial charge in [0.25, 0.3) is 0 Å². The number of hydrogen-bond acceptors (Lipinski definition) is 4. The van der Waals surface area contributed by atoms with Gasteiger partial charge in [-0.25, -0.2) is 9.37 Å². The van der Waals surface area contributed by atoms with E-state index in [0.29, 0.717) is 17.1 Å². The van der Waals surface area contributed by atoms with Crippen molar-refractivity contribution < 1.29 is 4.39 Å². The highest BCUT2D eigenvalue weighted by Gasteiger charge is 2.37. The molecule has 1 aliphatic rings. The fourth-order valence-corrected chi connectivity index (χ4v) is 5.38. The normalized spacial score (nSPS) is 19.5. The first-order valence-electron chi connectivity index (χ1n) is 9.11. The summed E-state index contributed by atoms with van der Waals surface area (Å²) in [5.41, 5.74) is 1.52. The molecule has 0 aliphatic carbocycles. The van der Waals surface area contributed by atoms with Crippen LogP contribution in [-0.2, 0) is 0 Å². The highest BCUT2D eigenvalue weighted by atomic mass is 35.5. The quantitative estimate of drug-likeness (QED) is 0.514. The van der Waals surface area contributed by atoms with Crippen LogP contribution in [0.2, 0.25) is 5.02 Å². The van der Waals surface area contributed by atoms with Crippen molar-refractivity contribution in [3.8, 4) is 10.7 Å². The third-order valence-electron chi connectivity index (χ3n) is 4.90. The molecule has 2 aromatic heterocycles. The van der Waals surface area contributed by atoms with E-state index in [-0.39, 0.29) is 16.1 Å². The van der Waals surface area contributed by atoms with Crippen LogP contribution in [0.4, 0.5) is 9.39 Å². The summed E-state index contributed by atoms with van der Waals surface area (Å²) in [6, 6.07) is 7.48. The highest BCUT2D eigenvalue weighted by Crippen LogP contribution is 2.35. The molecular weight excluding hydrogens is 383 g/mol. The number of aromatic nitrogens is 2. The van der Waals surface area contributed by atoms with Crippen LogP contribution in [0.5, 0.6) is 0 Å². The summed E-state index contributed by atoms with van der Waals surface area (Å²) in [7, 11) is 0. The minimum atomic E-state index is -0.441. The molecule has 4 rings (SSSR count). The third-order valence-corrected chi connectivity index (χ3v) is 6.21. The molecule has 3 heterocycles. The Morgan fingerprint density at radius 1 is 1.19 bits per heavy atom. The second kappa shape index (κ2) is 6.47. The number of H-pyrrole nitrogens is 1. The lowest BCUT2D eigenvalue weighted by molar-refractivity contribution is 0.171. The molecule has 1 aliphatic heterocycles. The molecule has 0 radical (unpaired) electrons. The fourth-order valence-electron chi connectivity index (χ4n) is 4.29. The van der Waals surface area contributed by atoms with Gasteiger partial charge in [0.05, 0.1) is 25.9 Å². The van der Waals surface area contributed by atoms with Gasteiger partial charge in [0.15, 0.2) is 0 Å². The van der Waals surface area contributed by atoms with Gasteiger partial charge in [0.2, 0.25) is 0 Å². The standard InChI is InChI=1S/C20H24ClFN4S/c1-19(2)9-11(10-20(3,4)26-19)23-17-6-5-16(27-17)18-24-14-7-12(21)13(22)8-15(14)25-18/h5-8,11,23,26H,9-10H2,1-4H3,(H,24,25). The number of aromatic amines is 1. The van der Waals surface area contributed by atoms with Gasteiger partial charge in [-0.3, -0.25) is 0 Å². The lowest BCUT2D eigenvalue weighted by Gasteiger charge is -2.46. The lowest BCUT2D eigenvalue weighted by atomic mass is 9.80. The summed E-state index contributed by atoms with van der Waals surface area (Å²) in [5.74, 6) is 0.291. The fraction of sp³-hybridized carbons (Fsp3) is 0.450. The summed E-state index contributed by atoms with van der Waals surface area (Å²) < 4.78 is 13.7. The summed E-state index contributed by atoms with van der Waals surface area (Å²) in [6.45, 7) is 9.00. The van der Waals surface area contributed by atoms with Crippen molar-refractivity contribution in [2.75, 3.05) is 5.32 Å². The van der Waals surface area contributed by atoms with Gasteiger partial charge in [-0.1, -0.05) is 11.6 Å². The Bertz CT molecular complexity index is 936. The molecule has 1 fully saturated rings. The molecule has 0 unspecified atom stereocenters. The first kappa shape index (κ1) is 18.7. The van der Waals surface area contributed by atoms with Crippen LogP contribution in [0.3, 0.4) is 0 Å². The van der Waals surface area contributed by atoms with Crippen LogP contribution < -0.4 is 10.6 Å². The summed E-state index contributed by atoms with van der Waals surface area (Å²) >= 11 is 7.51. The molecule has 27 heavy (non-hydrogen) atoms. The van der Waals surface area contributed by atoms with Crippen molar-refractivity contribution in [3.63, 3.8) is 0 Å². The number of nitrogens with one attached hydrogen (secondary N) is 3. The molecule has 3 aromatic rings. The van der Waals surface area contributed by atoms with E-state index in [9.17, 15) is 4.39 Å². The van der Waals surface area contributed by atoms with Gasteiger partial charge < -0.3 is 15.6 Å². The monoisotopic (exact) mass is 406 g/mol. The minimum Gasteiger partial charge on any atom is -0.374 e. The van der Waals surface area contributed by atoms with Gasteiger partial charge in [-0.15, -0.1) is 11.3 Å². The molecule has 0 amide bonds. The number of piperidine rings is 1. The van der Waals surface area contributed by atoms with Crippen molar-refractivity contribution >= 4 is 39.0 Å². The summed E-state index contributed by atoms with van der Waals surface area (Å²) in [6.07, 6.45) is 2.12. The van der Waals surface area contributed by atoms with Crippen LogP contribution in [0, 0.1) is 5.82 Å². The molecular formula is C20H24ClFN4S. The number of nitrogens with zero attached hydrogens (tertiary/aromatic N) is 1. The number of hydrogen-bond donors (Lipinski definition) is 3. The van der Waals surface area contributed by atoms with E-state index in [1.54, 1.807) is 17.4 Å². The maximum absolute atomic E-state index is 13.7. The second-order valence-corrected chi connectivity index (χ2v) is 10.2. The zero-order valence-corrected chi connectivity index (χ0v) is 17.5. The Balaban J connectivity index is 1.55. The van der Waals surface area contributed by atoms with Gasteiger partial charge >= 0.3 is 0 Å². The molecule has 1 aromatic carbocycles. The lowest BCUT2D eigenvalue weighted by Crippen LogP contribution is -2.60. The van der Waals surface area contributed by atoms with Gasteiger partial charge in [-0.2, -0.15) is 0 Å². The number of thiophene rings is 1.